The summed E-state index contributed by atoms with van der Waals surface area (Å²) in [5.74, 6) is -0.215. The van der Waals surface area contributed by atoms with Crippen molar-refractivity contribution in [1.82, 2.24) is 5.32 Å². The van der Waals surface area contributed by atoms with E-state index >= 15 is 0 Å². The summed E-state index contributed by atoms with van der Waals surface area (Å²) in [5.41, 5.74) is -0.561. The van der Waals surface area contributed by atoms with Crippen molar-refractivity contribution < 1.29 is 19.1 Å². The Morgan fingerprint density at radius 1 is 1.31 bits per heavy atom. The summed E-state index contributed by atoms with van der Waals surface area (Å²) in [6.45, 7) is 5.32. The summed E-state index contributed by atoms with van der Waals surface area (Å²) >= 11 is 0. The highest BCUT2D eigenvalue weighted by Gasteiger charge is 2.38. The Balaban J connectivity index is 2.49. The van der Waals surface area contributed by atoms with Crippen molar-refractivity contribution in [3.05, 3.63) is 0 Å². The molecule has 1 amide bonds. The van der Waals surface area contributed by atoms with E-state index in [-0.39, 0.29) is 5.92 Å². The molecule has 92 valence electrons. The van der Waals surface area contributed by atoms with E-state index in [2.05, 4.69) is 10.1 Å². The lowest BCUT2D eigenvalue weighted by atomic mass is 10.2. The van der Waals surface area contributed by atoms with Crippen molar-refractivity contribution in [3.63, 3.8) is 0 Å². The van der Waals surface area contributed by atoms with Crippen LogP contribution in [0.3, 0.4) is 0 Å². The molecule has 1 aliphatic carbocycles. The molecule has 16 heavy (non-hydrogen) atoms. The van der Waals surface area contributed by atoms with Gasteiger partial charge in [-0.3, -0.25) is 0 Å². The number of esters is 1. The van der Waals surface area contributed by atoms with Gasteiger partial charge in [0.05, 0.1) is 7.11 Å². The molecule has 1 aliphatic rings. The molecule has 1 atom stereocenters. The number of hydrogen-bond acceptors (Lipinski definition) is 4. The van der Waals surface area contributed by atoms with Crippen molar-refractivity contribution in [1.29, 1.82) is 0 Å². The predicted octanol–water partition coefficient (Wildman–Crippen LogP) is 1.46. The zero-order valence-corrected chi connectivity index (χ0v) is 10.2. The monoisotopic (exact) mass is 229 g/mol. The van der Waals surface area contributed by atoms with Crippen molar-refractivity contribution in [2.24, 2.45) is 5.92 Å². The summed E-state index contributed by atoms with van der Waals surface area (Å²) in [6, 6.07) is -0.570. The Morgan fingerprint density at radius 3 is 2.25 bits per heavy atom. The number of carbonyl (C=O) groups is 2. The molecule has 1 N–H and O–H groups in total. The number of rotatable bonds is 3. The van der Waals surface area contributed by atoms with E-state index in [1.54, 1.807) is 20.8 Å². The Kier molecular flexibility index (Phi) is 3.78. The van der Waals surface area contributed by atoms with Crippen LogP contribution in [0, 0.1) is 5.92 Å². The fourth-order valence-electron chi connectivity index (χ4n) is 1.36. The number of alkyl carbamates (subject to hydrolysis) is 1. The highest BCUT2D eigenvalue weighted by Crippen LogP contribution is 2.33. The largest absolute Gasteiger partial charge is 0.467 e. The molecular weight excluding hydrogens is 210 g/mol. The van der Waals surface area contributed by atoms with E-state index in [1.807, 2.05) is 0 Å². The molecule has 0 radical (unpaired) electrons. The van der Waals surface area contributed by atoms with Gasteiger partial charge in [-0.15, -0.1) is 0 Å². The molecule has 5 nitrogen and oxygen atoms in total. The lowest BCUT2D eigenvalue weighted by Gasteiger charge is -2.22. The second-order valence-corrected chi connectivity index (χ2v) is 4.98. The molecule has 0 aromatic heterocycles. The van der Waals surface area contributed by atoms with Gasteiger partial charge in [0.2, 0.25) is 0 Å². The van der Waals surface area contributed by atoms with Gasteiger partial charge in [-0.1, -0.05) is 0 Å². The number of nitrogens with one attached hydrogen (secondary N) is 1. The van der Waals surface area contributed by atoms with Crippen molar-refractivity contribution in [3.8, 4) is 0 Å². The van der Waals surface area contributed by atoms with Crippen molar-refractivity contribution in [2.75, 3.05) is 7.11 Å². The van der Waals surface area contributed by atoms with Gasteiger partial charge in [-0.05, 0) is 39.5 Å². The first-order valence-corrected chi connectivity index (χ1v) is 5.41. The molecule has 1 fully saturated rings. The minimum absolute atomic E-state index is 0.194. The van der Waals surface area contributed by atoms with Crippen LogP contribution in [0.1, 0.15) is 33.6 Å². The van der Waals surface area contributed by atoms with Crippen LogP contribution in [0.2, 0.25) is 0 Å². The molecule has 0 saturated heterocycles. The van der Waals surface area contributed by atoms with Crippen LogP contribution < -0.4 is 5.32 Å². The van der Waals surface area contributed by atoms with Crippen LogP contribution in [0.4, 0.5) is 4.79 Å². The molecule has 0 unspecified atom stereocenters. The average molecular weight is 229 g/mol. The third kappa shape index (κ3) is 4.08. The molecule has 5 heteroatoms. The van der Waals surface area contributed by atoms with E-state index in [9.17, 15) is 9.59 Å². The van der Waals surface area contributed by atoms with Gasteiger partial charge in [0.1, 0.15) is 11.6 Å². The SMILES string of the molecule is COC(=O)[C@@H](NC(=O)OC(C)(C)C)C1CC1. The van der Waals surface area contributed by atoms with E-state index < -0.39 is 23.7 Å². The second-order valence-electron chi connectivity index (χ2n) is 4.98. The lowest BCUT2D eigenvalue weighted by molar-refractivity contribution is -0.143. The fourth-order valence-corrected chi connectivity index (χ4v) is 1.36. The maximum atomic E-state index is 11.5. The normalized spacial score (nSPS) is 17.5. The third-order valence-electron chi connectivity index (χ3n) is 2.22. The Labute approximate surface area is 95.5 Å². The average Bonchev–Trinajstić information content (AvgIpc) is 2.93. The van der Waals surface area contributed by atoms with Crippen molar-refractivity contribution in [2.45, 2.75) is 45.3 Å². The highest BCUT2D eigenvalue weighted by atomic mass is 16.6. The molecular formula is C11H19NO4. The quantitative estimate of drug-likeness (QED) is 0.744. The molecule has 1 saturated carbocycles. The van der Waals surface area contributed by atoms with Crippen LogP contribution in [-0.2, 0) is 14.3 Å². The number of carbonyl (C=O) groups excluding carboxylic acids is 2. The smallest absolute Gasteiger partial charge is 0.408 e. The third-order valence-corrected chi connectivity index (χ3v) is 2.22. The number of amides is 1. The van der Waals surface area contributed by atoms with E-state index in [1.165, 1.54) is 7.11 Å². The number of ether oxygens (including phenoxy) is 2. The molecule has 0 spiro atoms. The standard InChI is InChI=1S/C11H19NO4/c1-11(2,3)16-10(14)12-8(7-5-6-7)9(13)15-4/h7-8H,5-6H2,1-4H3,(H,12,14)/t8-/m0/s1. The van der Waals surface area contributed by atoms with Crippen LogP contribution in [-0.4, -0.2) is 30.8 Å². The van der Waals surface area contributed by atoms with Crippen molar-refractivity contribution >= 4 is 12.1 Å². The summed E-state index contributed by atoms with van der Waals surface area (Å²) in [4.78, 5) is 22.9. The topological polar surface area (TPSA) is 64.6 Å². The first kappa shape index (κ1) is 12.8. The minimum Gasteiger partial charge on any atom is -0.467 e. The Hall–Kier alpha value is -1.26. The number of methoxy groups -OCH3 is 1. The molecule has 0 aromatic rings. The molecule has 0 aromatic carbocycles. The zero-order chi connectivity index (χ0) is 12.3. The van der Waals surface area contributed by atoms with E-state index in [0.717, 1.165) is 12.8 Å². The van der Waals surface area contributed by atoms with Crippen LogP contribution in [0.5, 0.6) is 0 Å². The van der Waals surface area contributed by atoms with Gasteiger partial charge in [0.15, 0.2) is 0 Å². The maximum Gasteiger partial charge on any atom is 0.408 e. The van der Waals surface area contributed by atoms with E-state index in [0.29, 0.717) is 0 Å². The van der Waals surface area contributed by atoms with Crippen LogP contribution in [0.15, 0.2) is 0 Å². The molecule has 1 rings (SSSR count). The zero-order valence-electron chi connectivity index (χ0n) is 10.2. The second kappa shape index (κ2) is 4.72. The molecule has 0 heterocycles. The molecule has 0 aliphatic heterocycles. The Morgan fingerprint density at radius 2 is 1.88 bits per heavy atom. The maximum absolute atomic E-state index is 11.5. The minimum atomic E-state index is -0.574. The van der Waals surface area contributed by atoms with Crippen LogP contribution in [0.25, 0.3) is 0 Å². The van der Waals surface area contributed by atoms with Gasteiger partial charge >= 0.3 is 12.1 Å². The molecule has 0 bridgehead atoms. The first-order valence-electron chi connectivity index (χ1n) is 5.41. The summed E-state index contributed by atoms with van der Waals surface area (Å²) in [7, 11) is 1.31. The fraction of sp³-hybridized carbons (Fsp3) is 0.818. The van der Waals surface area contributed by atoms with Gasteiger partial charge in [-0.25, -0.2) is 9.59 Å². The van der Waals surface area contributed by atoms with Gasteiger partial charge in [0.25, 0.3) is 0 Å². The number of hydrogen-bond donors (Lipinski definition) is 1. The lowest BCUT2D eigenvalue weighted by Crippen LogP contribution is -2.45. The van der Waals surface area contributed by atoms with Crippen LogP contribution >= 0.6 is 0 Å². The Bertz CT molecular complexity index is 278. The summed E-state index contributed by atoms with van der Waals surface area (Å²) < 4.78 is 9.72. The van der Waals surface area contributed by atoms with Gasteiger partial charge in [0, 0.05) is 0 Å². The van der Waals surface area contributed by atoms with E-state index in [4.69, 9.17) is 4.74 Å². The van der Waals surface area contributed by atoms with Gasteiger partial charge < -0.3 is 14.8 Å². The first-order chi connectivity index (χ1) is 7.33. The predicted molar refractivity (Wildman–Crippen MR) is 57.9 cm³/mol. The summed E-state index contributed by atoms with van der Waals surface area (Å²) in [6.07, 6.45) is 1.31. The van der Waals surface area contributed by atoms with Gasteiger partial charge in [-0.2, -0.15) is 0 Å². The highest BCUT2D eigenvalue weighted by molar-refractivity contribution is 5.82. The summed E-state index contributed by atoms with van der Waals surface area (Å²) in [5, 5.41) is 2.55.